The van der Waals surface area contributed by atoms with Crippen molar-refractivity contribution >= 4 is 44.6 Å². The molecule has 1 unspecified atom stereocenters. The second-order valence-electron chi connectivity index (χ2n) is 7.16. The Morgan fingerprint density at radius 1 is 1.13 bits per heavy atom. The quantitative estimate of drug-likeness (QED) is 0.481. The maximum absolute atomic E-state index is 13.4. The highest BCUT2D eigenvalue weighted by atomic mass is 79.9. The first-order valence-electron chi connectivity index (χ1n) is 9.49. The lowest BCUT2D eigenvalue weighted by molar-refractivity contribution is -0.136. The van der Waals surface area contributed by atoms with Crippen molar-refractivity contribution < 1.29 is 24.2 Å². The first kappa shape index (κ1) is 21.5. The lowest BCUT2D eigenvalue weighted by Crippen LogP contribution is -2.41. The van der Waals surface area contributed by atoms with Crippen LogP contribution in [0, 0.1) is 0 Å². The average molecular weight is 502 g/mol. The van der Waals surface area contributed by atoms with Gasteiger partial charge in [-0.1, -0.05) is 22.0 Å². The molecule has 6 nitrogen and oxygen atoms in total. The number of rotatable bonds is 7. The van der Waals surface area contributed by atoms with Gasteiger partial charge in [-0.05, 0) is 47.8 Å². The maximum Gasteiger partial charge on any atom is 0.264 e. The van der Waals surface area contributed by atoms with Gasteiger partial charge in [0.05, 0.1) is 32.9 Å². The first-order chi connectivity index (χ1) is 14.9. The second kappa shape index (κ2) is 8.45. The van der Waals surface area contributed by atoms with E-state index in [0.717, 1.165) is 4.88 Å². The number of methoxy groups -OCH3 is 2. The summed E-state index contributed by atoms with van der Waals surface area (Å²) in [5.41, 5.74) is -0.616. The molecule has 0 saturated heterocycles. The minimum absolute atomic E-state index is 0.326. The lowest BCUT2D eigenvalue weighted by atomic mass is 9.88. The van der Waals surface area contributed by atoms with Gasteiger partial charge < -0.3 is 19.5 Å². The molecular formula is C23H20BrNO5S. The molecule has 0 fully saturated rings. The van der Waals surface area contributed by atoms with Crippen LogP contribution >= 0.6 is 27.3 Å². The van der Waals surface area contributed by atoms with E-state index in [4.69, 9.17) is 9.47 Å². The van der Waals surface area contributed by atoms with E-state index in [9.17, 15) is 14.7 Å². The number of thiophene rings is 1. The van der Waals surface area contributed by atoms with Crippen LogP contribution in [0.15, 0.2) is 58.4 Å². The molecule has 0 bridgehead atoms. The Labute approximate surface area is 192 Å². The van der Waals surface area contributed by atoms with Crippen LogP contribution in [0.1, 0.15) is 27.2 Å². The summed E-state index contributed by atoms with van der Waals surface area (Å²) in [6.07, 6.45) is -0.383. The molecule has 0 radical (unpaired) electrons. The van der Waals surface area contributed by atoms with Gasteiger partial charge in [-0.15, -0.1) is 11.3 Å². The van der Waals surface area contributed by atoms with Crippen LogP contribution in [-0.4, -0.2) is 31.0 Å². The molecule has 0 aliphatic carbocycles. The zero-order valence-corrected chi connectivity index (χ0v) is 19.3. The summed E-state index contributed by atoms with van der Waals surface area (Å²) in [5, 5.41) is 13.4. The highest BCUT2D eigenvalue weighted by Crippen LogP contribution is 2.45. The molecule has 1 aromatic heterocycles. The molecular weight excluding hydrogens is 482 g/mol. The van der Waals surface area contributed by atoms with E-state index in [1.54, 1.807) is 30.3 Å². The molecule has 3 aromatic rings. The van der Waals surface area contributed by atoms with E-state index in [-0.39, 0.29) is 12.2 Å². The van der Waals surface area contributed by atoms with Crippen LogP contribution in [0.25, 0.3) is 0 Å². The number of ether oxygens (including phenoxy) is 2. The summed E-state index contributed by atoms with van der Waals surface area (Å²) in [6.45, 7) is 0.331. The maximum atomic E-state index is 13.4. The predicted octanol–water partition coefficient (Wildman–Crippen LogP) is 4.54. The number of nitrogens with zero attached hydrogens (tertiary/aromatic N) is 1. The Balaban J connectivity index is 1.69. The van der Waals surface area contributed by atoms with Crippen molar-refractivity contribution in [1.29, 1.82) is 0 Å². The van der Waals surface area contributed by atoms with Gasteiger partial charge in [0, 0.05) is 20.5 Å². The second-order valence-corrected chi connectivity index (χ2v) is 9.11. The van der Waals surface area contributed by atoms with Crippen molar-refractivity contribution in [2.75, 3.05) is 19.1 Å². The third-order valence-electron chi connectivity index (χ3n) is 5.31. The van der Waals surface area contributed by atoms with E-state index >= 15 is 0 Å². The van der Waals surface area contributed by atoms with Gasteiger partial charge in [0.25, 0.3) is 5.91 Å². The monoisotopic (exact) mass is 501 g/mol. The summed E-state index contributed by atoms with van der Waals surface area (Å²) in [7, 11) is 2.99. The Hall–Kier alpha value is -2.68. The first-order valence-corrected chi connectivity index (χ1v) is 11.2. The van der Waals surface area contributed by atoms with Crippen molar-refractivity contribution in [3.63, 3.8) is 0 Å². The van der Waals surface area contributed by atoms with Crippen LogP contribution in [0.3, 0.4) is 0 Å². The number of hydrogen-bond donors (Lipinski definition) is 1. The summed E-state index contributed by atoms with van der Waals surface area (Å²) in [5.74, 6) is 0.00943. The number of amides is 1. The van der Waals surface area contributed by atoms with E-state index < -0.39 is 11.5 Å². The fourth-order valence-corrected chi connectivity index (χ4v) is 4.81. The Bertz CT molecular complexity index is 1150. The molecule has 2 heterocycles. The van der Waals surface area contributed by atoms with Crippen LogP contribution in [0.2, 0.25) is 0 Å². The van der Waals surface area contributed by atoms with Crippen LogP contribution in [0.4, 0.5) is 5.69 Å². The largest absolute Gasteiger partial charge is 0.493 e. The summed E-state index contributed by atoms with van der Waals surface area (Å²) >= 11 is 4.94. The smallest absolute Gasteiger partial charge is 0.264 e. The molecule has 1 atom stereocenters. The van der Waals surface area contributed by atoms with Gasteiger partial charge in [-0.3, -0.25) is 9.59 Å². The summed E-state index contributed by atoms with van der Waals surface area (Å²) in [4.78, 5) is 29.0. The van der Waals surface area contributed by atoms with Crippen LogP contribution < -0.4 is 14.4 Å². The molecule has 0 spiro atoms. The van der Waals surface area contributed by atoms with Crippen LogP contribution in [-0.2, 0) is 16.9 Å². The third kappa shape index (κ3) is 3.86. The fourth-order valence-electron chi connectivity index (χ4n) is 3.75. The van der Waals surface area contributed by atoms with Crippen LogP contribution in [0.5, 0.6) is 11.5 Å². The topological polar surface area (TPSA) is 76.1 Å². The van der Waals surface area contributed by atoms with Gasteiger partial charge in [-0.2, -0.15) is 0 Å². The molecule has 1 N–H and O–H groups in total. The number of anilines is 1. The van der Waals surface area contributed by atoms with Crippen molar-refractivity contribution in [3.8, 4) is 11.5 Å². The van der Waals surface area contributed by atoms with Crippen molar-refractivity contribution in [2.24, 2.45) is 0 Å². The molecule has 1 amide bonds. The van der Waals surface area contributed by atoms with E-state index in [0.29, 0.717) is 39.3 Å². The number of halogens is 1. The number of aliphatic hydroxyl groups is 1. The molecule has 2 aromatic carbocycles. The molecule has 1 aliphatic heterocycles. The third-order valence-corrected chi connectivity index (χ3v) is 6.66. The van der Waals surface area contributed by atoms with E-state index in [1.807, 2.05) is 23.6 Å². The molecule has 0 saturated carbocycles. The van der Waals surface area contributed by atoms with Crippen molar-refractivity contribution in [3.05, 3.63) is 74.4 Å². The predicted molar refractivity (Wildman–Crippen MR) is 122 cm³/mol. The summed E-state index contributed by atoms with van der Waals surface area (Å²) < 4.78 is 11.2. The van der Waals surface area contributed by atoms with Crippen molar-refractivity contribution in [1.82, 2.24) is 0 Å². The number of carbonyl (C=O) groups is 2. The van der Waals surface area contributed by atoms with Gasteiger partial charge >= 0.3 is 0 Å². The van der Waals surface area contributed by atoms with Gasteiger partial charge in [0.15, 0.2) is 22.9 Å². The Morgan fingerprint density at radius 2 is 1.90 bits per heavy atom. The SMILES string of the molecule is COc1ccc(C(=O)CC2(O)C(=O)N(Cc3cccs3)c3ccc(Br)cc32)cc1OC. The molecule has 1 aliphatic rings. The van der Waals surface area contributed by atoms with Crippen molar-refractivity contribution in [2.45, 2.75) is 18.6 Å². The summed E-state index contributed by atoms with van der Waals surface area (Å²) in [6, 6.07) is 13.9. The zero-order chi connectivity index (χ0) is 22.2. The molecule has 4 rings (SSSR count). The van der Waals surface area contributed by atoms with E-state index in [2.05, 4.69) is 15.9 Å². The lowest BCUT2D eigenvalue weighted by Gasteiger charge is -2.22. The molecule has 8 heteroatoms. The van der Waals surface area contributed by atoms with Gasteiger partial charge in [-0.25, -0.2) is 0 Å². The Kier molecular flexibility index (Phi) is 5.88. The minimum atomic E-state index is -1.96. The number of benzene rings is 2. The van der Waals surface area contributed by atoms with Gasteiger partial charge in [0.2, 0.25) is 0 Å². The molecule has 31 heavy (non-hydrogen) atoms. The molecule has 160 valence electrons. The number of fused-ring (bicyclic) bond motifs is 1. The zero-order valence-electron chi connectivity index (χ0n) is 16.9. The number of hydrogen-bond acceptors (Lipinski definition) is 6. The standard InChI is InChI=1S/C23H20BrNO5S/c1-29-20-8-5-14(10-21(20)30-2)19(26)12-23(28)17-11-15(24)6-7-18(17)25(22(23)27)13-16-4-3-9-31-16/h3-11,28H,12-13H2,1-2H3. The Morgan fingerprint density at radius 3 is 2.58 bits per heavy atom. The number of Topliss-reactive ketones (excluding diaryl/α,β-unsaturated/α-hetero) is 1. The highest BCUT2D eigenvalue weighted by molar-refractivity contribution is 9.10. The minimum Gasteiger partial charge on any atom is -0.493 e. The van der Waals surface area contributed by atoms with E-state index in [1.165, 1.54) is 30.5 Å². The highest BCUT2D eigenvalue weighted by Gasteiger charge is 2.51. The normalized spacial score (nSPS) is 17.5. The number of carbonyl (C=O) groups excluding carboxylic acids is 2. The fraction of sp³-hybridized carbons (Fsp3) is 0.217. The van der Waals surface area contributed by atoms with Gasteiger partial charge in [0.1, 0.15) is 0 Å². The average Bonchev–Trinajstić information content (AvgIpc) is 3.35. The number of ketones is 1.